The van der Waals surface area contributed by atoms with Gasteiger partial charge in [0.25, 0.3) is 0 Å². The molecule has 0 aliphatic heterocycles. The van der Waals surface area contributed by atoms with Crippen LogP contribution in [0.2, 0.25) is 0 Å². The molecule has 18 heavy (non-hydrogen) atoms. The number of hydrogen-bond donors (Lipinski definition) is 0. The highest BCUT2D eigenvalue weighted by atomic mass is 16.5. The molecule has 3 unspecified atom stereocenters. The van der Waals surface area contributed by atoms with Gasteiger partial charge in [-0.25, -0.2) is 0 Å². The van der Waals surface area contributed by atoms with Gasteiger partial charge in [-0.2, -0.15) is 0 Å². The summed E-state index contributed by atoms with van der Waals surface area (Å²) in [5.41, 5.74) is 0.976. The van der Waals surface area contributed by atoms with E-state index in [1.165, 1.54) is 19.3 Å². The highest BCUT2D eigenvalue weighted by molar-refractivity contribution is 5.21. The number of benzene rings is 1. The summed E-state index contributed by atoms with van der Waals surface area (Å²) in [6.45, 7) is 8.31. The minimum absolute atomic E-state index is 0.479. The minimum Gasteiger partial charge on any atom is -0.493 e. The fraction of sp³-hybridized carbons (Fsp3) is 0.647. The van der Waals surface area contributed by atoms with Crippen LogP contribution in [-0.4, -0.2) is 6.61 Å². The van der Waals surface area contributed by atoms with E-state index in [4.69, 9.17) is 4.74 Å². The summed E-state index contributed by atoms with van der Waals surface area (Å²) in [4.78, 5) is 0. The van der Waals surface area contributed by atoms with Gasteiger partial charge in [-0.15, -0.1) is 0 Å². The Bertz CT molecular complexity index is 422. The molecule has 2 aliphatic carbocycles. The van der Waals surface area contributed by atoms with Crippen molar-refractivity contribution in [1.29, 1.82) is 0 Å². The van der Waals surface area contributed by atoms with Gasteiger partial charge in [-0.05, 0) is 54.1 Å². The lowest BCUT2D eigenvalue weighted by atomic mass is 9.67. The first-order valence-electron chi connectivity index (χ1n) is 7.22. The number of para-hydroxylation sites is 1. The fourth-order valence-electron chi connectivity index (χ4n) is 4.34. The quantitative estimate of drug-likeness (QED) is 0.759. The van der Waals surface area contributed by atoms with E-state index >= 15 is 0 Å². The molecule has 2 fully saturated rings. The largest absolute Gasteiger partial charge is 0.493 e. The van der Waals surface area contributed by atoms with E-state index in [0.29, 0.717) is 10.8 Å². The first-order chi connectivity index (χ1) is 8.54. The first-order valence-corrected chi connectivity index (χ1v) is 7.22. The van der Waals surface area contributed by atoms with E-state index in [1.54, 1.807) is 0 Å². The van der Waals surface area contributed by atoms with Crippen LogP contribution in [0.1, 0.15) is 40.0 Å². The van der Waals surface area contributed by atoms with Gasteiger partial charge in [0.05, 0.1) is 6.61 Å². The Labute approximate surface area is 111 Å². The van der Waals surface area contributed by atoms with Crippen LogP contribution in [0.3, 0.4) is 0 Å². The van der Waals surface area contributed by atoms with Crippen LogP contribution in [0.15, 0.2) is 30.3 Å². The van der Waals surface area contributed by atoms with Gasteiger partial charge in [0.15, 0.2) is 0 Å². The third kappa shape index (κ3) is 1.60. The first kappa shape index (κ1) is 12.1. The Morgan fingerprint density at radius 1 is 1.17 bits per heavy atom. The van der Waals surface area contributed by atoms with Crippen LogP contribution in [-0.2, 0) is 0 Å². The third-order valence-corrected chi connectivity index (χ3v) is 6.17. The van der Waals surface area contributed by atoms with Crippen molar-refractivity contribution in [3.8, 4) is 5.75 Å². The van der Waals surface area contributed by atoms with Gasteiger partial charge in [-0.3, -0.25) is 0 Å². The molecule has 2 aliphatic rings. The number of fused-ring (bicyclic) bond motifs is 2. The second-order valence-corrected chi connectivity index (χ2v) is 6.93. The molecule has 3 rings (SSSR count). The summed E-state index contributed by atoms with van der Waals surface area (Å²) in [6, 6.07) is 10.2. The lowest BCUT2D eigenvalue weighted by molar-refractivity contribution is 0.0701. The smallest absolute Gasteiger partial charge is 0.119 e. The summed E-state index contributed by atoms with van der Waals surface area (Å²) in [7, 11) is 0. The molecule has 1 nitrogen and oxygen atoms in total. The zero-order chi connectivity index (χ0) is 12.8. The standard InChI is InChI=1S/C17H24O/c1-16(2)13-9-10-17(16,3)14(11-13)12-18-15-7-5-4-6-8-15/h4-8,13-14H,9-12H2,1-3H3. The van der Waals surface area contributed by atoms with Crippen molar-refractivity contribution in [2.45, 2.75) is 40.0 Å². The van der Waals surface area contributed by atoms with Crippen molar-refractivity contribution in [3.05, 3.63) is 30.3 Å². The van der Waals surface area contributed by atoms with E-state index in [2.05, 4.69) is 32.9 Å². The van der Waals surface area contributed by atoms with Gasteiger partial charge in [0, 0.05) is 0 Å². The van der Waals surface area contributed by atoms with Crippen molar-refractivity contribution in [3.63, 3.8) is 0 Å². The Kier molecular flexibility index (Phi) is 2.69. The SMILES string of the molecule is CC1(C)C2CCC1(C)C(COc1ccccc1)C2. The summed E-state index contributed by atoms with van der Waals surface area (Å²) in [6.07, 6.45) is 4.16. The van der Waals surface area contributed by atoms with Gasteiger partial charge in [0.2, 0.25) is 0 Å². The lowest BCUT2D eigenvalue weighted by Crippen LogP contribution is -2.35. The topological polar surface area (TPSA) is 9.23 Å². The molecule has 98 valence electrons. The second-order valence-electron chi connectivity index (χ2n) is 6.93. The predicted molar refractivity (Wildman–Crippen MR) is 74.7 cm³/mol. The maximum atomic E-state index is 6.00. The molecule has 1 aromatic carbocycles. The van der Waals surface area contributed by atoms with E-state index in [0.717, 1.165) is 24.2 Å². The number of hydrogen-bond acceptors (Lipinski definition) is 1. The van der Waals surface area contributed by atoms with Crippen molar-refractivity contribution < 1.29 is 4.74 Å². The Morgan fingerprint density at radius 2 is 1.89 bits per heavy atom. The average Bonchev–Trinajstić information content (AvgIpc) is 2.70. The maximum Gasteiger partial charge on any atom is 0.119 e. The number of ether oxygens (including phenoxy) is 1. The van der Waals surface area contributed by atoms with Crippen molar-refractivity contribution >= 4 is 0 Å². The molecule has 0 N–H and O–H groups in total. The number of rotatable bonds is 3. The van der Waals surface area contributed by atoms with E-state index in [1.807, 2.05) is 18.2 Å². The van der Waals surface area contributed by atoms with Crippen LogP contribution in [0.4, 0.5) is 0 Å². The van der Waals surface area contributed by atoms with Gasteiger partial charge >= 0.3 is 0 Å². The maximum absolute atomic E-state index is 6.00. The zero-order valence-electron chi connectivity index (χ0n) is 11.8. The van der Waals surface area contributed by atoms with Crippen LogP contribution in [0, 0.1) is 22.7 Å². The highest BCUT2D eigenvalue weighted by Crippen LogP contribution is 2.68. The van der Waals surface area contributed by atoms with Crippen molar-refractivity contribution in [2.75, 3.05) is 6.61 Å². The molecule has 0 amide bonds. The van der Waals surface area contributed by atoms with E-state index in [9.17, 15) is 0 Å². The predicted octanol–water partition coefficient (Wildman–Crippen LogP) is 4.53. The zero-order valence-corrected chi connectivity index (χ0v) is 11.8. The molecule has 1 aromatic rings. The van der Waals surface area contributed by atoms with Crippen LogP contribution in [0.5, 0.6) is 5.75 Å². The van der Waals surface area contributed by atoms with E-state index in [-0.39, 0.29) is 0 Å². The summed E-state index contributed by atoms with van der Waals surface area (Å²) in [5.74, 6) is 2.65. The lowest BCUT2D eigenvalue weighted by Gasteiger charge is -2.39. The van der Waals surface area contributed by atoms with Gasteiger partial charge < -0.3 is 4.74 Å². The summed E-state index contributed by atoms with van der Waals surface area (Å²) in [5, 5.41) is 0. The van der Waals surface area contributed by atoms with Crippen LogP contribution in [0.25, 0.3) is 0 Å². The molecule has 0 aromatic heterocycles. The molecule has 0 saturated heterocycles. The molecular formula is C17H24O. The molecular weight excluding hydrogens is 220 g/mol. The minimum atomic E-state index is 0.479. The van der Waals surface area contributed by atoms with Crippen molar-refractivity contribution in [1.82, 2.24) is 0 Å². The Balaban J connectivity index is 1.69. The fourth-order valence-corrected chi connectivity index (χ4v) is 4.34. The molecule has 3 atom stereocenters. The molecule has 0 heterocycles. The molecule has 0 radical (unpaired) electrons. The monoisotopic (exact) mass is 244 g/mol. The summed E-state index contributed by atoms with van der Waals surface area (Å²) >= 11 is 0. The van der Waals surface area contributed by atoms with Gasteiger partial charge in [0.1, 0.15) is 5.75 Å². The Hall–Kier alpha value is -0.980. The van der Waals surface area contributed by atoms with Crippen LogP contribution >= 0.6 is 0 Å². The van der Waals surface area contributed by atoms with Crippen LogP contribution < -0.4 is 4.74 Å². The van der Waals surface area contributed by atoms with Gasteiger partial charge in [-0.1, -0.05) is 39.0 Å². The molecule has 1 heteroatoms. The second kappa shape index (κ2) is 4.01. The Morgan fingerprint density at radius 3 is 2.44 bits per heavy atom. The third-order valence-electron chi connectivity index (χ3n) is 6.17. The van der Waals surface area contributed by atoms with Crippen molar-refractivity contribution in [2.24, 2.45) is 22.7 Å². The molecule has 2 saturated carbocycles. The summed E-state index contributed by atoms with van der Waals surface area (Å²) < 4.78 is 6.00. The van der Waals surface area contributed by atoms with E-state index < -0.39 is 0 Å². The average molecular weight is 244 g/mol. The highest BCUT2D eigenvalue weighted by Gasteiger charge is 2.61. The molecule has 2 bridgehead atoms. The molecule has 0 spiro atoms. The normalized spacial score (nSPS) is 36.8.